The van der Waals surface area contributed by atoms with Crippen LogP contribution in [0, 0.1) is 0 Å². The van der Waals surface area contributed by atoms with Crippen molar-refractivity contribution >= 4 is 33.4 Å². The first-order chi connectivity index (χ1) is 14.1. The number of pyridine rings is 1. The maximum atomic E-state index is 9.21. The Morgan fingerprint density at radius 2 is 1.73 bits per heavy atom. The lowest BCUT2D eigenvalue weighted by molar-refractivity contribution is 0.159. The number of nitrogens with zero attached hydrogens (tertiary/aromatic N) is 2. The van der Waals surface area contributed by atoms with Gasteiger partial charge in [-0.25, -0.2) is 4.98 Å². The molecule has 0 fully saturated rings. The van der Waals surface area contributed by atoms with Crippen LogP contribution in [0.4, 0.5) is 0 Å². The molecule has 5 N–H and O–H groups in total. The van der Waals surface area contributed by atoms with Gasteiger partial charge in [-0.1, -0.05) is 24.6 Å². The summed E-state index contributed by atoms with van der Waals surface area (Å²) in [5.74, 6) is 1.12. The number of ether oxygens (including phenoxy) is 1. The van der Waals surface area contributed by atoms with E-state index in [0.717, 1.165) is 46.9 Å². The molecule has 3 rings (SSSR count). The SMILES string of the molecule is COc1ccc2nc3cc(Cl)ccc3c(C(C)CCCN(CCO)CCO)c2c1.N. The van der Waals surface area contributed by atoms with Crippen molar-refractivity contribution in [2.45, 2.75) is 25.7 Å². The second-order valence-electron chi connectivity index (χ2n) is 7.40. The van der Waals surface area contributed by atoms with E-state index in [4.69, 9.17) is 21.3 Å². The summed E-state index contributed by atoms with van der Waals surface area (Å²) in [6.07, 6.45) is 1.96. The quantitative estimate of drug-likeness (QED) is 0.410. The molecule has 0 aliphatic carbocycles. The van der Waals surface area contributed by atoms with E-state index in [9.17, 15) is 10.2 Å². The van der Waals surface area contributed by atoms with Crippen molar-refractivity contribution in [1.82, 2.24) is 16.0 Å². The third-order valence-electron chi connectivity index (χ3n) is 5.42. The van der Waals surface area contributed by atoms with Gasteiger partial charge in [0.15, 0.2) is 0 Å². The van der Waals surface area contributed by atoms with E-state index in [1.165, 1.54) is 5.56 Å². The van der Waals surface area contributed by atoms with Crippen LogP contribution in [-0.4, -0.2) is 60.1 Å². The number of hydrogen-bond donors (Lipinski definition) is 3. The van der Waals surface area contributed by atoms with Crippen LogP contribution in [0.25, 0.3) is 21.8 Å². The summed E-state index contributed by atoms with van der Waals surface area (Å²) in [7, 11) is 1.68. The van der Waals surface area contributed by atoms with Crippen molar-refractivity contribution in [3.8, 4) is 5.75 Å². The predicted molar refractivity (Wildman–Crippen MR) is 124 cm³/mol. The van der Waals surface area contributed by atoms with Crippen LogP contribution in [0.15, 0.2) is 36.4 Å². The molecule has 164 valence electrons. The molecular formula is C23H32ClN3O3. The molecule has 3 aromatic rings. The van der Waals surface area contributed by atoms with Crippen LogP contribution in [0.1, 0.15) is 31.2 Å². The van der Waals surface area contributed by atoms with Gasteiger partial charge in [-0.15, -0.1) is 0 Å². The van der Waals surface area contributed by atoms with E-state index in [0.29, 0.717) is 24.0 Å². The average Bonchev–Trinajstić information content (AvgIpc) is 2.71. The largest absolute Gasteiger partial charge is 0.497 e. The number of aromatic nitrogens is 1. The molecule has 0 saturated heterocycles. The van der Waals surface area contributed by atoms with E-state index in [1.807, 2.05) is 24.3 Å². The molecule has 0 aliphatic rings. The number of fused-ring (bicyclic) bond motifs is 2. The van der Waals surface area contributed by atoms with E-state index in [2.05, 4.69) is 24.0 Å². The Bertz CT molecular complexity index is 961. The molecule has 0 bridgehead atoms. The Labute approximate surface area is 183 Å². The number of halogens is 1. The maximum Gasteiger partial charge on any atom is 0.119 e. The van der Waals surface area contributed by atoms with Crippen LogP contribution in [0.3, 0.4) is 0 Å². The van der Waals surface area contributed by atoms with E-state index < -0.39 is 0 Å². The molecule has 2 aromatic carbocycles. The fourth-order valence-corrected chi connectivity index (χ4v) is 4.14. The molecule has 1 unspecified atom stereocenters. The number of methoxy groups -OCH3 is 1. The van der Waals surface area contributed by atoms with E-state index in [-0.39, 0.29) is 19.4 Å². The zero-order valence-corrected chi connectivity index (χ0v) is 18.5. The molecule has 30 heavy (non-hydrogen) atoms. The van der Waals surface area contributed by atoms with Crippen molar-refractivity contribution < 1.29 is 14.9 Å². The zero-order valence-electron chi connectivity index (χ0n) is 17.8. The summed E-state index contributed by atoms with van der Waals surface area (Å²) < 4.78 is 5.45. The predicted octanol–water partition coefficient (Wildman–Crippen LogP) is 4.38. The second-order valence-corrected chi connectivity index (χ2v) is 7.84. The second kappa shape index (κ2) is 11.4. The fraction of sp³-hybridized carbons (Fsp3) is 0.435. The highest BCUT2D eigenvalue weighted by Crippen LogP contribution is 2.36. The van der Waals surface area contributed by atoms with Crippen molar-refractivity contribution in [2.75, 3.05) is 40.0 Å². The molecule has 6 nitrogen and oxygen atoms in total. The molecule has 0 saturated carbocycles. The van der Waals surface area contributed by atoms with Gasteiger partial charge in [-0.3, -0.25) is 4.90 Å². The molecule has 0 radical (unpaired) electrons. The molecule has 7 heteroatoms. The van der Waals surface area contributed by atoms with E-state index in [1.54, 1.807) is 7.11 Å². The van der Waals surface area contributed by atoms with Crippen LogP contribution in [-0.2, 0) is 0 Å². The van der Waals surface area contributed by atoms with Crippen LogP contribution >= 0.6 is 11.6 Å². The average molecular weight is 434 g/mol. The summed E-state index contributed by atoms with van der Waals surface area (Å²) in [4.78, 5) is 6.91. The van der Waals surface area contributed by atoms with Crippen LogP contribution in [0.2, 0.25) is 5.02 Å². The minimum atomic E-state index is 0. The minimum absolute atomic E-state index is 0. The third-order valence-corrected chi connectivity index (χ3v) is 5.66. The topological polar surface area (TPSA) is 101 Å². The third kappa shape index (κ3) is 5.59. The smallest absolute Gasteiger partial charge is 0.119 e. The summed E-state index contributed by atoms with van der Waals surface area (Å²) in [5.41, 5.74) is 3.10. The number of aliphatic hydroxyl groups is 2. The number of hydrogen-bond acceptors (Lipinski definition) is 6. The van der Waals surface area contributed by atoms with Gasteiger partial charge in [-0.05, 0) is 61.2 Å². The fourth-order valence-electron chi connectivity index (χ4n) is 3.97. The lowest BCUT2D eigenvalue weighted by atomic mass is 9.89. The molecule has 0 aliphatic heterocycles. The summed E-state index contributed by atoms with van der Waals surface area (Å²) in [6.45, 7) is 4.48. The van der Waals surface area contributed by atoms with Gasteiger partial charge in [-0.2, -0.15) is 0 Å². The number of benzene rings is 2. The monoisotopic (exact) mass is 433 g/mol. The molecule has 0 spiro atoms. The molecule has 0 amide bonds. The highest BCUT2D eigenvalue weighted by molar-refractivity contribution is 6.31. The summed E-state index contributed by atoms with van der Waals surface area (Å²) >= 11 is 6.22. The lowest BCUT2D eigenvalue weighted by Crippen LogP contribution is -2.31. The molecule has 1 aromatic heterocycles. The van der Waals surface area contributed by atoms with Crippen molar-refractivity contribution in [2.24, 2.45) is 0 Å². The normalized spacial score (nSPS) is 12.3. The van der Waals surface area contributed by atoms with Gasteiger partial charge < -0.3 is 21.1 Å². The van der Waals surface area contributed by atoms with Gasteiger partial charge in [0, 0.05) is 28.9 Å². The van der Waals surface area contributed by atoms with E-state index >= 15 is 0 Å². The standard InChI is InChI=1S/C23H29ClN2O3.H3N/c1-16(4-3-9-26(10-12-27)11-13-28)23-19-7-5-17(24)14-22(19)25-21-8-6-18(29-2)15-20(21)23;/h5-8,14-16,27-28H,3-4,9-13H2,1-2H3;1H3. The number of aliphatic hydroxyl groups excluding tert-OH is 2. The Morgan fingerprint density at radius 1 is 1.00 bits per heavy atom. The minimum Gasteiger partial charge on any atom is -0.497 e. The van der Waals surface area contributed by atoms with Crippen molar-refractivity contribution in [1.29, 1.82) is 0 Å². The highest BCUT2D eigenvalue weighted by atomic mass is 35.5. The van der Waals surface area contributed by atoms with Gasteiger partial charge in [0.25, 0.3) is 0 Å². The first kappa shape index (κ1) is 24.3. The Kier molecular flexibility index (Phi) is 9.27. The molecular weight excluding hydrogens is 402 g/mol. The first-order valence-corrected chi connectivity index (χ1v) is 10.5. The maximum absolute atomic E-state index is 9.21. The molecule has 1 atom stereocenters. The van der Waals surface area contributed by atoms with Crippen molar-refractivity contribution in [3.05, 3.63) is 47.0 Å². The van der Waals surface area contributed by atoms with Crippen molar-refractivity contribution in [3.63, 3.8) is 0 Å². The Hall–Kier alpha value is -1.96. The lowest BCUT2D eigenvalue weighted by Gasteiger charge is -2.22. The Balaban J connectivity index is 0.00000320. The Morgan fingerprint density at radius 3 is 2.40 bits per heavy atom. The van der Waals surface area contributed by atoms with Gasteiger partial charge in [0.1, 0.15) is 5.75 Å². The zero-order chi connectivity index (χ0) is 20.8. The summed E-state index contributed by atoms with van der Waals surface area (Å²) in [6, 6.07) is 11.9. The highest BCUT2D eigenvalue weighted by Gasteiger charge is 2.17. The molecule has 1 heterocycles. The summed E-state index contributed by atoms with van der Waals surface area (Å²) in [5, 5.41) is 21.3. The van der Waals surface area contributed by atoms with Crippen LogP contribution in [0.5, 0.6) is 5.75 Å². The van der Waals surface area contributed by atoms with Gasteiger partial charge >= 0.3 is 0 Å². The number of rotatable bonds is 10. The van der Waals surface area contributed by atoms with Gasteiger partial charge in [0.05, 0.1) is 31.4 Å². The first-order valence-electron chi connectivity index (χ1n) is 10.1. The van der Waals surface area contributed by atoms with Crippen LogP contribution < -0.4 is 10.9 Å². The van der Waals surface area contributed by atoms with Gasteiger partial charge in [0.2, 0.25) is 0 Å².